The summed E-state index contributed by atoms with van der Waals surface area (Å²) in [5.41, 5.74) is 3.08. The molecule has 0 radical (unpaired) electrons. The molecule has 4 heteroatoms. The number of benzene rings is 3. The number of ether oxygens (including phenoxy) is 1. The monoisotopic (exact) mass is 343 g/mol. The molecule has 0 saturated carbocycles. The molecule has 0 saturated heterocycles. The molecule has 1 N–H and O–H groups in total. The van der Waals surface area contributed by atoms with E-state index in [0.29, 0.717) is 29.0 Å². The van der Waals surface area contributed by atoms with Crippen molar-refractivity contribution in [3.05, 3.63) is 95.1 Å². The van der Waals surface area contributed by atoms with Crippen LogP contribution in [0.25, 0.3) is 0 Å². The summed E-state index contributed by atoms with van der Waals surface area (Å²) in [7, 11) is 0. The summed E-state index contributed by atoms with van der Waals surface area (Å²) < 4.78 is 5.49. The molecular formula is C22H17NO3. The summed E-state index contributed by atoms with van der Waals surface area (Å²) in [6.45, 7) is 0.668. The van der Waals surface area contributed by atoms with Gasteiger partial charge in [0.15, 0.2) is 5.78 Å². The second kappa shape index (κ2) is 6.84. The second-order valence-electron chi connectivity index (χ2n) is 6.12. The Bertz CT molecular complexity index is 980. The predicted octanol–water partition coefficient (Wildman–Crippen LogP) is 4.10. The molecule has 4 rings (SSSR count). The number of ketones is 1. The van der Waals surface area contributed by atoms with Crippen molar-refractivity contribution in [2.45, 2.75) is 6.42 Å². The van der Waals surface area contributed by atoms with Crippen molar-refractivity contribution in [2.24, 2.45) is 0 Å². The van der Waals surface area contributed by atoms with E-state index in [1.54, 1.807) is 36.4 Å². The van der Waals surface area contributed by atoms with Gasteiger partial charge in [-0.05, 0) is 29.8 Å². The van der Waals surface area contributed by atoms with Gasteiger partial charge in [0.05, 0.1) is 12.2 Å². The van der Waals surface area contributed by atoms with Crippen molar-refractivity contribution >= 4 is 17.4 Å². The van der Waals surface area contributed by atoms with Gasteiger partial charge in [0.25, 0.3) is 5.91 Å². The van der Waals surface area contributed by atoms with Crippen LogP contribution in [0.15, 0.2) is 72.8 Å². The van der Waals surface area contributed by atoms with Crippen LogP contribution in [0.1, 0.15) is 31.8 Å². The van der Waals surface area contributed by atoms with Gasteiger partial charge in [0.2, 0.25) is 0 Å². The molecular weight excluding hydrogens is 326 g/mol. The average Bonchev–Trinajstić information content (AvgIpc) is 3.16. The lowest BCUT2D eigenvalue weighted by atomic mass is 9.98. The van der Waals surface area contributed by atoms with Gasteiger partial charge in [-0.25, -0.2) is 0 Å². The van der Waals surface area contributed by atoms with E-state index in [-0.39, 0.29) is 11.7 Å². The summed E-state index contributed by atoms with van der Waals surface area (Å²) >= 11 is 0. The Labute approximate surface area is 151 Å². The molecule has 1 aliphatic rings. The van der Waals surface area contributed by atoms with Crippen molar-refractivity contribution < 1.29 is 14.3 Å². The van der Waals surface area contributed by atoms with Crippen LogP contribution in [0.2, 0.25) is 0 Å². The Morgan fingerprint density at radius 1 is 0.846 bits per heavy atom. The van der Waals surface area contributed by atoms with Crippen molar-refractivity contribution in [2.75, 3.05) is 11.9 Å². The van der Waals surface area contributed by atoms with Crippen LogP contribution in [-0.4, -0.2) is 18.3 Å². The summed E-state index contributed by atoms with van der Waals surface area (Å²) in [6.07, 6.45) is 0.835. The molecule has 0 atom stereocenters. The van der Waals surface area contributed by atoms with Gasteiger partial charge in [-0.2, -0.15) is 0 Å². The van der Waals surface area contributed by atoms with E-state index in [2.05, 4.69) is 5.32 Å². The molecule has 0 spiro atoms. The minimum atomic E-state index is -0.302. The number of amides is 1. The van der Waals surface area contributed by atoms with Crippen LogP contribution in [0.5, 0.6) is 5.75 Å². The Hall–Kier alpha value is -3.40. The number of rotatable bonds is 4. The Balaban J connectivity index is 1.62. The fourth-order valence-corrected chi connectivity index (χ4v) is 3.09. The Morgan fingerprint density at radius 2 is 1.58 bits per heavy atom. The first-order chi connectivity index (χ1) is 12.7. The zero-order chi connectivity index (χ0) is 17.9. The highest BCUT2D eigenvalue weighted by atomic mass is 16.5. The maximum atomic E-state index is 12.8. The standard InChI is InChI=1S/C22H17NO3/c24-21(15-6-2-1-3-7-15)18-8-4-5-9-19(18)22(25)23-17-10-11-20-16(14-17)12-13-26-20/h1-11,14H,12-13H2,(H,23,25). The zero-order valence-corrected chi connectivity index (χ0v) is 14.1. The SMILES string of the molecule is O=C(Nc1ccc2c(c1)CCO2)c1ccccc1C(=O)c1ccccc1. The molecule has 1 heterocycles. The molecule has 128 valence electrons. The van der Waals surface area contributed by atoms with E-state index in [9.17, 15) is 9.59 Å². The molecule has 3 aromatic rings. The van der Waals surface area contributed by atoms with Crippen LogP contribution in [0.4, 0.5) is 5.69 Å². The lowest BCUT2D eigenvalue weighted by molar-refractivity contribution is 0.0996. The summed E-state index contributed by atoms with van der Waals surface area (Å²) in [6, 6.07) is 21.4. The van der Waals surface area contributed by atoms with Gasteiger partial charge in [-0.1, -0.05) is 48.5 Å². The third kappa shape index (κ3) is 3.09. The lowest BCUT2D eigenvalue weighted by Crippen LogP contribution is -2.17. The number of hydrogen-bond donors (Lipinski definition) is 1. The molecule has 1 aliphatic heterocycles. The van der Waals surface area contributed by atoms with E-state index < -0.39 is 0 Å². The topological polar surface area (TPSA) is 55.4 Å². The number of carbonyl (C=O) groups is 2. The van der Waals surface area contributed by atoms with Crippen LogP contribution in [-0.2, 0) is 6.42 Å². The van der Waals surface area contributed by atoms with Gasteiger partial charge in [0, 0.05) is 23.2 Å². The number of nitrogens with one attached hydrogen (secondary N) is 1. The largest absolute Gasteiger partial charge is 0.493 e. The first-order valence-corrected chi connectivity index (χ1v) is 8.48. The molecule has 4 nitrogen and oxygen atoms in total. The highest BCUT2D eigenvalue weighted by molar-refractivity contribution is 6.17. The fraction of sp³-hybridized carbons (Fsp3) is 0.0909. The Kier molecular flexibility index (Phi) is 4.23. The highest BCUT2D eigenvalue weighted by Crippen LogP contribution is 2.28. The minimum absolute atomic E-state index is 0.168. The van der Waals surface area contributed by atoms with Gasteiger partial charge in [-0.3, -0.25) is 9.59 Å². The fourth-order valence-electron chi connectivity index (χ4n) is 3.09. The summed E-state index contributed by atoms with van der Waals surface area (Å²) in [5, 5.41) is 2.89. The maximum absolute atomic E-state index is 12.8. The highest BCUT2D eigenvalue weighted by Gasteiger charge is 2.19. The van der Waals surface area contributed by atoms with Gasteiger partial charge >= 0.3 is 0 Å². The van der Waals surface area contributed by atoms with Crippen LogP contribution in [0, 0.1) is 0 Å². The molecule has 0 aliphatic carbocycles. The number of anilines is 1. The predicted molar refractivity (Wildman–Crippen MR) is 99.9 cm³/mol. The number of carbonyl (C=O) groups excluding carboxylic acids is 2. The lowest BCUT2D eigenvalue weighted by Gasteiger charge is -2.10. The van der Waals surface area contributed by atoms with E-state index in [4.69, 9.17) is 4.74 Å². The van der Waals surface area contributed by atoms with Crippen molar-refractivity contribution in [3.8, 4) is 5.75 Å². The Morgan fingerprint density at radius 3 is 2.38 bits per heavy atom. The van der Waals surface area contributed by atoms with Crippen molar-refractivity contribution in [1.29, 1.82) is 0 Å². The molecule has 26 heavy (non-hydrogen) atoms. The smallest absolute Gasteiger partial charge is 0.256 e. The van der Waals surface area contributed by atoms with Gasteiger partial charge < -0.3 is 10.1 Å². The van der Waals surface area contributed by atoms with Gasteiger partial charge in [0.1, 0.15) is 5.75 Å². The molecule has 3 aromatic carbocycles. The van der Waals surface area contributed by atoms with E-state index in [0.717, 1.165) is 17.7 Å². The van der Waals surface area contributed by atoms with E-state index in [1.165, 1.54) is 0 Å². The van der Waals surface area contributed by atoms with Crippen molar-refractivity contribution in [1.82, 2.24) is 0 Å². The van der Waals surface area contributed by atoms with Crippen LogP contribution >= 0.6 is 0 Å². The average molecular weight is 343 g/mol. The normalized spacial score (nSPS) is 12.2. The van der Waals surface area contributed by atoms with Gasteiger partial charge in [-0.15, -0.1) is 0 Å². The molecule has 0 aromatic heterocycles. The summed E-state index contributed by atoms with van der Waals surface area (Å²) in [5.74, 6) is 0.394. The summed E-state index contributed by atoms with van der Waals surface area (Å²) in [4.78, 5) is 25.6. The third-order valence-corrected chi connectivity index (χ3v) is 4.40. The molecule has 0 bridgehead atoms. The second-order valence-corrected chi connectivity index (χ2v) is 6.12. The van der Waals surface area contributed by atoms with E-state index >= 15 is 0 Å². The first-order valence-electron chi connectivity index (χ1n) is 8.48. The molecule has 1 amide bonds. The molecule has 0 unspecified atom stereocenters. The van der Waals surface area contributed by atoms with Crippen molar-refractivity contribution in [3.63, 3.8) is 0 Å². The number of hydrogen-bond acceptors (Lipinski definition) is 3. The first kappa shape index (κ1) is 16.1. The quantitative estimate of drug-likeness (QED) is 0.726. The maximum Gasteiger partial charge on any atom is 0.256 e. The minimum Gasteiger partial charge on any atom is -0.493 e. The third-order valence-electron chi connectivity index (χ3n) is 4.40. The van der Waals surface area contributed by atoms with Crippen LogP contribution < -0.4 is 10.1 Å². The molecule has 0 fully saturated rings. The van der Waals surface area contributed by atoms with E-state index in [1.807, 2.05) is 36.4 Å². The zero-order valence-electron chi connectivity index (χ0n) is 14.1. The number of fused-ring (bicyclic) bond motifs is 1. The van der Waals surface area contributed by atoms with Crippen LogP contribution in [0.3, 0.4) is 0 Å².